The third-order valence-corrected chi connectivity index (χ3v) is 5.98. The van der Waals surface area contributed by atoms with Crippen molar-refractivity contribution in [3.05, 3.63) is 0 Å². The van der Waals surface area contributed by atoms with E-state index in [1.165, 1.54) is 0 Å². The Hall–Kier alpha value is 0.0569. The van der Waals surface area contributed by atoms with E-state index in [9.17, 15) is 0 Å². The van der Waals surface area contributed by atoms with E-state index in [-0.39, 0.29) is 6.15 Å². The van der Waals surface area contributed by atoms with Crippen molar-refractivity contribution < 1.29 is 8.85 Å². The van der Waals surface area contributed by atoms with Crippen LogP contribution in [0.5, 0.6) is 0 Å². The van der Waals surface area contributed by atoms with Gasteiger partial charge >= 0.3 is 8.56 Å². The first-order valence-electron chi connectivity index (χ1n) is 4.55. The molecule has 0 aromatic rings. The molecule has 0 aromatic heterocycles. The number of hydrogen-bond donors (Lipinski definition) is 2. The van der Waals surface area contributed by atoms with Gasteiger partial charge in [0.1, 0.15) is 0 Å². The molecule has 0 spiro atoms. The molecule has 4 nitrogen and oxygen atoms in total. The smallest absolute Gasteiger partial charge is 0.337 e. The summed E-state index contributed by atoms with van der Waals surface area (Å²) in [6, 6.07) is 2.08. The van der Waals surface area contributed by atoms with Crippen LogP contribution < -0.4 is 11.9 Å². The summed E-state index contributed by atoms with van der Waals surface area (Å²) in [7, 11) is 1.69. The minimum atomic E-state index is -1.81. The molecule has 0 aromatic carbocycles. The van der Waals surface area contributed by atoms with Crippen LogP contribution in [0.4, 0.5) is 0 Å². The Morgan fingerprint density at radius 3 is 2.00 bits per heavy atom. The average molecular weight is 208 g/mol. The molecule has 0 heterocycles. The normalized spacial score (nSPS) is 11.1. The van der Waals surface area contributed by atoms with Gasteiger partial charge in [0.05, 0.1) is 0 Å². The molecule has 13 heavy (non-hydrogen) atoms. The molecule has 0 radical (unpaired) electrons. The monoisotopic (exact) mass is 208 g/mol. The van der Waals surface area contributed by atoms with Crippen LogP contribution in [-0.2, 0) is 8.85 Å². The Kier molecular flexibility index (Phi) is 10.3. The van der Waals surface area contributed by atoms with Crippen LogP contribution >= 0.6 is 0 Å². The van der Waals surface area contributed by atoms with Crippen LogP contribution in [0, 0.1) is 0 Å². The summed E-state index contributed by atoms with van der Waals surface area (Å²) in [5, 5.41) is 0. The van der Waals surface area contributed by atoms with Gasteiger partial charge in [0.25, 0.3) is 0 Å². The van der Waals surface area contributed by atoms with Gasteiger partial charge < -0.3 is 20.7 Å². The van der Waals surface area contributed by atoms with Crippen LogP contribution in [0.25, 0.3) is 0 Å². The van der Waals surface area contributed by atoms with Crippen molar-refractivity contribution in [2.45, 2.75) is 31.9 Å². The fraction of sp³-hybridized carbons (Fsp3) is 1.00. The van der Waals surface area contributed by atoms with E-state index in [1.54, 1.807) is 14.2 Å². The SMILES string of the molecule is CC[Si](CCCCN)(OC)OC.N. The summed E-state index contributed by atoms with van der Waals surface area (Å²) in [6.45, 7) is 2.89. The molecule has 0 unspecified atom stereocenters. The Labute approximate surface area is 82.6 Å². The minimum absolute atomic E-state index is 0. The molecule has 0 atom stereocenters. The third kappa shape index (κ3) is 5.38. The lowest BCUT2D eigenvalue weighted by Gasteiger charge is -2.25. The van der Waals surface area contributed by atoms with Gasteiger partial charge in [-0.25, -0.2) is 0 Å². The zero-order valence-corrected chi connectivity index (χ0v) is 10.1. The van der Waals surface area contributed by atoms with E-state index < -0.39 is 8.56 Å². The summed E-state index contributed by atoms with van der Waals surface area (Å²) >= 11 is 0. The summed E-state index contributed by atoms with van der Waals surface area (Å²) < 4.78 is 10.9. The first-order valence-corrected chi connectivity index (χ1v) is 6.78. The van der Waals surface area contributed by atoms with Crippen molar-refractivity contribution >= 4 is 8.56 Å². The highest BCUT2D eigenvalue weighted by Crippen LogP contribution is 2.19. The standard InChI is InChI=1S/C8H21NO2Si.H3N/c1-4-12(10-2,11-3)8-6-5-7-9;/h4-9H2,1-3H3;1H3. The molecule has 0 fully saturated rings. The molecule has 5 N–H and O–H groups in total. The Morgan fingerprint density at radius 1 is 1.15 bits per heavy atom. The van der Waals surface area contributed by atoms with Crippen molar-refractivity contribution in [2.24, 2.45) is 5.73 Å². The maximum Gasteiger partial charge on any atom is 0.337 e. The van der Waals surface area contributed by atoms with Crippen LogP contribution in [-0.4, -0.2) is 29.3 Å². The molecule has 0 saturated carbocycles. The largest absolute Gasteiger partial charge is 0.398 e. The van der Waals surface area contributed by atoms with E-state index in [0.717, 1.165) is 31.5 Å². The van der Waals surface area contributed by atoms with Crippen LogP contribution in [0.15, 0.2) is 0 Å². The van der Waals surface area contributed by atoms with E-state index in [2.05, 4.69) is 6.92 Å². The lowest BCUT2D eigenvalue weighted by Crippen LogP contribution is -2.39. The van der Waals surface area contributed by atoms with Crippen LogP contribution in [0.1, 0.15) is 19.8 Å². The van der Waals surface area contributed by atoms with Crippen molar-refractivity contribution in [2.75, 3.05) is 20.8 Å². The lowest BCUT2D eigenvalue weighted by molar-refractivity contribution is 0.241. The molecule has 82 valence electrons. The highest BCUT2D eigenvalue weighted by atomic mass is 28.4. The molecule has 0 rings (SSSR count). The topological polar surface area (TPSA) is 79.5 Å². The number of nitrogens with two attached hydrogens (primary N) is 1. The molecule has 0 amide bonds. The highest BCUT2D eigenvalue weighted by Gasteiger charge is 2.31. The predicted octanol–water partition coefficient (Wildman–Crippen LogP) is 1.64. The summed E-state index contributed by atoms with van der Waals surface area (Å²) in [4.78, 5) is 0. The average Bonchev–Trinajstić information content (AvgIpc) is 2.14. The quantitative estimate of drug-likeness (QED) is 0.492. The second-order valence-corrected chi connectivity index (χ2v) is 6.76. The van der Waals surface area contributed by atoms with Gasteiger partial charge in [-0.05, 0) is 25.1 Å². The van der Waals surface area contributed by atoms with Crippen LogP contribution in [0.3, 0.4) is 0 Å². The second kappa shape index (κ2) is 8.65. The fourth-order valence-corrected chi connectivity index (χ4v) is 3.59. The Balaban J connectivity index is 0. The van der Waals surface area contributed by atoms with Gasteiger partial charge in [0.15, 0.2) is 0 Å². The predicted molar refractivity (Wildman–Crippen MR) is 58.4 cm³/mol. The Morgan fingerprint density at radius 2 is 1.69 bits per heavy atom. The number of hydrogen-bond acceptors (Lipinski definition) is 4. The van der Waals surface area contributed by atoms with E-state index in [0.29, 0.717) is 0 Å². The zero-order chi connectivity index (χ0) is 9.45. The van der Waals surface area contributed by atoms with Gasteiger partial charge in [-0.1, -0.05) is 13.3 Å². The molecule has 0 aliphatic heterocycles. The van der Waals surface area contributed by atoms with Crippen LogP contribution in [0.2, 0.25) is 12.1 Å². The first-order chi connectivity index (χ1) is 5.74. The van der Waals surface area contributed by atoms with Gasteiger partial charge in [-0.2, -0.15) is 0 Å². The van der Waals surface area contributed by atoms with E-state index in [1.807, 2.05) is 0 Å². The summed E-state index contributed by atoms with van der Waals surface area (Å²) in [5.41, 5.74) is 5.42. The molecular formula is C8H24N2O2Si. The van der Waals surface area contributed by atoms with Crippen molar-refractivity contribution in [1.82, 2.24) is 6.15 Å². The summed E-state index contributed by atoms with van der Waals surface area (Å²) in [6.07, 6.45) is 2.19. The van der Waals surface area contributed by atoms with Crippen molar-refractivity contribution in [3.8, 4) is 0 Å². The Bertz CT molecular complexity index is 102. The van der Waals surface area contributed by atoms with Gasteiger partial charge in [-0.3, -0.25) is 0 Å². The first kappa shape index (κ1) is 15.5. The highest BCUT2D eigenvalue weighted by molar-refractivity contribution is 6.67. The molecule has 0 saturated heterocycles. The molecule has 0 aliphatic rings. The summed E-state index contributed by atoms with van der Waals surface area (Å²) in [5.74, 6) is 0. The van der Waals surface area contributed by atoms with Gasteiger partial charge in [-0.15, -0.1) is 0 Å². The minimum Gasteiger partial charge on any atom is -0.398 e. The van der Waals surface area contributed by atoms with Gasteiger partial charge in [0.2, 0.25) is 0 Å². The molecular weight excluding hydrogens is 184 g/mol. The number of rotatable bonds is 7. The van der Waals surface area contributed by atoms with Crippen molar-refractivity contribution in [1.29, 1.82) is 0 Å². The van der Waals surface area contributed by atoms with E-state index >= 15 is 0 Å². The molecule has 0 bridgehead atoms. The maximum atomic E-state index is 5.46. The molecule has 0 aliphatic carbocycles. The van der Waals surface area contributed by atoms with E-state index in [4.69, 9.17) is 14.6 Å². The second-order valence-electron chi connectivity index (χ2n) is 2.92. The molecule has 5 heteroatoms. The zero-order valence-electron chi connectivity index (χ0n) is 9.14. The lowest BCUT2D eigenvalue weighted by atomic mass is 10.3. The number of unbranched alkanes of at least 4 members (excludes halogenated alkanes) is 1. The maximum absolute atomic E-state index is 5.46. The fourth-order valence-electron chi connectivity index (χ4n) is 1.29. The third-order valence-electron chi connectivity index (χ3n) is 2.29. The van der Waals surface area contributed by atoms with Gasteiger partial charge in [0, 0.05) is 14.2 Å². The van der Waals surface area contributed by atoms with Crippen molar-refractivity contribution in [3.63, 3.8) is 0 Å².